The van der Waals surface area contributed by atoms with Gasteiger partial charge >= 0.3 is 0 Å². The average molecular weight is 340 g/mol. The van der Waals surface area contributed by atoms with Gasteiger partial charge in [0.2, 0.25) is 0 Å². The van der Waals surface area contributed by atoms with Gasteiger partial charge in [0.05, 0.1) is 23.1 Å². The molecule has 1 fully saturated rings. The van der Waals surface area contributed by atoms with E-state index < -0.39 is 0 Å². The van der Waals surface area contributed by atoms with Crippen LogP contribution in [0.4, 0.5) is 0 Å². The highest BCUT2D eigenvalue weighted by Gasteiger charge is 2.28. The molecule has 1 N–H and O–H groups in total. The van der Waals surface area contributed by atoms with Gasteiger partial charge in [0.15, 0.2) is 0 Å². The molecule has 25 heavy (non-hydrogen) atoms. The summed E-state index contributed by atoms with van der Waals surface area (Å²) in [7, 11) is 0. The third-order valence-corrected chi connectivity index (χ3v) is 5.06. The van der Waals surface area contributed by atoms with Crippen LogP contribution < -0.4 is 5.32 Å². The molecule has 1 aromatic heterocycles. The smallest absolute Gasteiger partial charge is 0.257 e. The maximum Gasteiger partial charge on any atom is 0.257 e. The molecule has 1 aliphatic heterocycles. The molecule has 0 spiro atoms. The second kappa shape index (κ2) is 7.83. The first-order chi connectivity index (χ1) is 12.1. The Hall–Kier alpha value is -2.14. The first-order valence-electron chi connectivity index (χ1n) is 9.25. The third kappa shape index (κ3) is 3.61. The minimum atomic E-state index is 0.117. The molecule has 2 heterocycles. The lowest BCUT2D eigenvalue weighted by atomic mass is 10.0. The number of benzene rings is 1. The monoisotopic (exact) mass is 340 g/mol. The molecule has 0 atom stereocenters. The SMILES string of the molecule is CCCN(C(=O)c1cnn(-c2ccccc2C)c1C)C1CCNCC1. The van der Waals surface area contributed by atoms with Crippen molar-refractivity contribution in [1.82, 2.24) is 20.0 Å². The van der Waals surface area contributed by atoms with E-state index in [0.717, 1.165) is 61.4 Å². The van der Waals surface area contributed by atoms with Crippen molar-refractivity contribution < 1.29 is 4.79 Å². The second-order valence-electron chi connectivity index (χ2n) is 6.82. The van der Waals surface area contributed by atoms with Crippen LogP contribution in [-0.4, -0.2) is 46.3 Å². The van der Waals surface area contributed by atoms with Gasteiger partial charge in [0.25, 0.3) is 5.91 Å². The Morgan fingerprint density at radius 2 is 2.00 bits per heavy atom. The Labute approximate surface area is 150 Å². The van der Waals surface area contributed by atoms with Gasteiger partial charge < -0.3 is 10.2 Å². The van der Waals surface area contributed by atoms with Crippen LogP contribution in [0.3, 0.4) is 0 Å². The van der Waals surface area contributed by atoms with Crippen LogP contribution in [0.2, 0.25) is 0 Å². The topological polar surface area (TPSA) is 50.2 Å². The average Bonchev–Trinajstić information content (AvgIpc) is 3.01. The number of nitrogens with zero attached hydrogens (tertiary/aromatic N) is 3. The number of rotatable bonds is 5. The van der Waals surface area contributed by atoms with Gasteiger partial charge in [0.1, 0.15) is 0 Å². The van der Waals surface area contributed by atoms with E-state index in [4.69, 9.17) is 0 Å². The van der Waals surface area contributed by atoms with Crippen molar-refractivity contribution >= 4 is 5.91 Å². The summed E-state index contributed by atoms with van der Waals surface area (Å²) in [4.78, 5) is 15.3. The van der Waals surface area contributed by atoms with Gasteiger partial charge in [-0.2, -0.15) is 5.10 Å². The number of aromatic nitrogens is 2. The molecule has 5 heteroatoms. The van der Waals surface area contributed by atoms with Crippen molar-refractivity contribution in [1.29, 1.82) is 0 Å². The Balaban J connectivity index is 1.90. The number of hydrogen-bond acceptors (Lipinski definition) is 3. The number of hydrogen-bond donors (Lipinski definition) is 1. The number of nitrogens with one attached hydrogen (secondary N) is 1. The van der Waals surface area contributed by atoms with Crippen molar-refractivity contribution in [3.63, 3.8) is 0 Å². The molecule has 0 unspecified atom stereocenters. The van der Waals surface area contributed by atoms with Crippen LogP contribution in [-0.2, 0) is 0 Å². The lowest BCUT2D eigenvalue weighted by Crippen LogP contribution is -2.46. The highest BCUT2D eigenvalue weighted by atomic mass is 16.2. The van der Waals surface area contributed by atoms with E-state index in [-0.39, 0.29) is 5.91 Å². The molecule has 3 rings (SSSR count). The highest BCUT2D eigenvalue weighted by molar-refractivity contribution is 5.95. The van der Waals surface area contributed by atoms with Gasteiger partial charge in [-0.1, -0.05) is 25.1 Å². The van der Waals surface area contributed by atoms with E-state index in [1.165, 1.54) is 0 Å². The van der Waals surface area contributed by atoms with Crippen LogP contribution >= 0.6 is 0 Å². The normalized spacial score (nSPS) is 15.3. The van der Waals surface area contributed by atoms with Crippen LogP contribution in [0.15, 0.2) is 30.5 Å². The molecule has 2 aromatic rings. The van der Waals surface area contributed by atoms with Gasteiger partial charge in [-0.15, -0.1) is 0 Å². The van der Waals surface area contributed by atoms with E-state index in [0.29, 0.717) is 6.04 Å². The van der Waals surface area contributed by atoms with Crippen LogP contribution in [0.25, 0.3) is 5.69 Å². The summed E-state index contributed by atoms with van der Waals surface area (Å²) in [5.74, 6) is 0.117. The molecule has 0 saturated carbocycles. The molecule has 1 saturated heterocycles. The van der Waals surface area contributed by atoms with E-state index in [1.54, 1.807) is 6.20 Å². The zero-order valence-corrected chi connectivity index (χ0v) is 15.5. The third-order valence-electron chi connectivity index (χ3n) is 5.06. The van der Waals surface area contributed by atoms with E-state index in [2.05, 4.69) is 35.2 Å². The first kappa shape index (κ1) is 17.7. The molecular formula is C20H28N4O. The minimum absolute atomic E-state index is 0.117. The highest BCUT2D eigenvalue weighted by Crippen LogP contribution is 2.21. The molecule has 0 bridgehead atoms. The predicted octanol–water partition coefficient (Wildman–Crippen LogP) is 3.09. The van der Waals surface area contributed by atoms with Crippen molar-refractivity contribution in [3.05, 3.63) is 47.3 Å². The number of carbonyl (C=O) groups excluding carboxylic acids is 1. The number of carbonyl (C=O) groups is 1. The van der Waals surface area contributed by atoms with Crippen LogP contribution in [0, 0.1) is 13.8 Å². The number of para-hydroxylation sites is 1. The fraction of sp³-hybridized carbons (Fsp3) is 0.500. The standard InChI is InChI=1S/C20H28N4O/c1-4-13-23(17-9-11-21-12-10-17)20(25)18-14-22-24(16(18)3)19-8-6-5-7-15(19)2/h5-8,14,17,21H,4,9-13H2,1-3H3. The fourth-order valence-corrected chi connectivity index (χ4v) is 3.63. The molecule has 0 radical (unpaired) electrons. The zero-order valence-electron chi connectivity index (χ0n) is 15.5. The summed E-state index contributed by atoms with van der Waals surface area (Å²) in [6.45, 7) is 8.96. The van der Waals surface area contributed by atoms with E-state index in [9.17, 15) is 4.79 Å². The molecule has 5 nitrogen and oxygen atoms in total. The Bertz CT molecular complexity index is 731. The summed E-state index contributed by atoms with van der Waals surface area (Å²) < 4.78 is 1.88. The molecule has 0 aliphatic carbocycles. The predicted molar refractivity (Wildman–Crippen MR) is 100 cm³/mol. The lowest BCUT2D eigenvalue weighted by molar-refractivity contribution is 0.0642. The molecular weight excluding hydrogens is 312 g/mol. The van der Waals surface area contributed by atoms with Gasteiger partial charge in [-0.3, -0.25) is 4.79 Å². The van der Waals surface area contributed by atoms with Crippen LogP contribution in [0.5, 0.6) is 0 Å². The summed E-state index contributed by atoms with van der Waals surface area (Å²) in [5, 5.41) is 7.89. The summed E-state index contributed by atoms with van der Waals surface area (Å²) in [6, 6.07) is 8.46. The summed E-state index contributed by atoms with van der Waals surface area (Å²) in [6.07, 6.45) is 4.75. The first-order valence-corrected chi connectivity index (χ1v) is 9.25. The van der Waals surface area contributed by atoms with Crippen molar-refractivity contribution in [2.75, 3.05) is 19.6 Å². The molecule has 1 amide bonds. The van der Waals surface area contributed by atoms with Gasteiger partial charge in [0, 0.05) is 12.6 Å². The molecule has 1 aliphatic rings. The van der Waals surface area contributed by atoms with Crippen molar-refractivity contribution in [2.45, 2.75) is 46.1 Å². The maximum absolute atomic E-state index is 13.2. The lowest BCUT2D eigenvalue weighted by Gasteiger charge is -2.34. The van der Waals surface area contributed by atoms with Crippen molar-refractivity contribution in [2.24, 2.45) is 0 Å². The van der Waals surface area contributed by atoms with E-state index in [1.807, 2.05) is 29.8 Å². The summed E-state index contributed by atoms with van der Waals surface area (Å²) in [5.41, 5.74) is 3.81. The molecule has 1 aromatic carbocycles. The van der Waals surface area contributed by atoms with Gasteiger partial charge in [-0.25, -0.2) is 4.68 Å². The minimum Gasteiger partial charge on any atom is -0.335 e. The number of piperidine rings is 1. The zero-order chi connectivity index (χ0) is 17.8. The quantitative estimate of drug-likeness (QED) is 0.910. The Morgan fingerprint density at radius 3 is 2.68 bits per heavy atom. The van der Waals surface area contributed by atoms with Crippen LogP contribution in [0.1, 0.15) is 47.8 Å². The van der Waals surface area contributed by atoms with Gasteiger partial charge in [-0.05, 0) is 57.8 Å². The Morgan fingerprint density at radius 1 is 1.28 bits per heavy atom. The Kier molecular flexibility index (Phi) is 5.53. The molecule has 134 valence electrons. The fourth-order valence-electron chi connectivity index (χ4n) is 3.63. The largest absolute Gasteiger partial charge is 0.335 e. The van der Waals surface area contributed by atoms with Crippen molar-refractivity contribution in [3.8, 4) is 5.69 Å². The second-order valence-corrected chi connectivity index (χ2v) is 6.82. The van der Waals surface area contributed by atoms with E-state index >= 15 is 0 Å². The number of aryl methyl sites for hydroxylation is 1. The maximum atomic E-state index is 13.2. The summed E-state index contributed by atoms with van der Waals surface area (Å²) >= 11 is 0. The number of amides is 1.